The molecule has 0 unspecified atom stereocenters. The van der Waals surface area contributed by atoms with E-state index < -0.39 is 5.24 Å². The number of carbonyl (C=O) groups excluding carboxylic acids is 2. The molecular weight excluding hydrogens is 1060 g/mol. The first-order chi connectivity index (χ1) is 33.9. The molecule has 18 nitrogen and oxygen atoms in total. The number of nitrogen functional groups attached to an aromatic ring is 1. The van der Waals surface area contributed by atoms with E-state index in [1.54, 1.807) is 20.3 Å². The number of likely N-dealkylation sites (N-methyl/N-ethyl adjacent to an activating group) is 4. The summed E-state index contributed by atoms with van der Waals surface area (Å²) >= 11 is 11.6. The highest BCUT2D eigenvalue weighted by molar-refractivity contribution is 9.10. The Kier molecular flexibility index (Phi) is 22.8. The predicted molar refractivity (Wildman–Crippen MR) is 299 cm³/mol. The van der Waals surface area contributed by atoms with E-state index in [9.17, 15) is 9.59 Å². The second-order valence-corrected chi connectivity index (χ2v) is 18.1. The molecule has 6 aromatic rings. The molecule has 4 aromatic carbocycles. The van der Waals surface area contributed by atoms with Crippen molar-refractivity contribution in [2.75, 3.05) is 125 Å². The van der Waals surface area contributed by atoms with Gasteiger partial charge in [-0.05, 0) is 100 Å². The van der Waals surface area contributed by atoms with Crippen molar-refractivity contribution in [1.29, 1.82) is 0 Å². The lowest BCUT2D eigenvalue weighted by Gasteiger charge is -2.26. The minimum absolute atomic E-state index is 0.300. The van der Waals surface area contributed by atoms with Crippen molar-refractivity contribution in [3.8, 4) is 11.5 Å². The van der Waals surface area contributed by atoms with Crippen LogP contribution in [0.15, 0.2) is 132 Å². The first-order valence-corrected chi connectivity index (χ1v) is 23.8. The van der Waals surface area contributed by atoms with Gasteiger partial charge < -0.3 is 61.4 Å². The van der Waals surface area contributed by atoms with Crippen molar-refractivity contribution in [3.05, 3.63) is 132 Å². The van der Waals surface area contributed by atoms with Crippen molar-refractivity contribution in [2.45, 2.75) is 0 Å². The van der Waals surface area contributed by atoms with Gasteiger partial charge in [0.05, 0.1) is 48.3 Å². The standard InChI is InChI=1S/C25H30BrN7O2.C22H28BrN7O.C3H3ClO/c1-6-25(34)31-19-13-20(22(35-5)14-21(19)33(4)11-10-32(2)3)30-24-15-23(27-16-28-24)29-18-9-7-8-17(26)12-18;1-29(2)8-9-30(3)19-12-20(31-4)18(11-17(19)24)28-22-13-21(25-14-26-22)27-16-7-5-6-15(23)10-16;1-2-3(4)5/h6-9,12-16H,1,10-11H2,2-5H3,(H,31,34)(H2,27,28,29,30);5-7,10-14H,8-9,24H2,1-4H3,(H2,25,26,27,28);2H,1H2. The summed E-state index contributed by atoms with van der Waals surface area (Å²) in [6.07, 6.45) is 5.26. The van der Waals surface area contributed by atoms with Gasteiger partial charge in [-0.3, -0.25) is 9.59 Å². The number of nitrogens with one attached hydrogen (secondary N) is 5. The van der Waals surface area contributed by atoms with E-state index >= 15 is 0 Å². The van der Waals surface area contributed by atoms with Crippen LogP contribution in [-0.2, 0) is 9.59 Å². The van der Waals surface area contributed by atoms with E-state index in [0.717, 1.165) is 69.6 Å². The van der Waals surface area contributed by atoms with Gasteiger partial charge in [-0.25, -0.2) is 19.9 Å². The molecule has 0 spiro atoms. The van der Waals surface area contributed by atoms with Gasteiger partial charge >= 0.3 is 0 Å². The SMILES string of the molecule is C=CC(=O)Cl.C=CC(=O)Nc1cc(Nc2cc(Nc3cccc(Br)c3)ncn2)c(OC)cc1N(C)CCN(C)C.COc1cc(N(C)CCN(C)C)c(N)cc1Nc1cc(Nc2cccc(Br)c2)ncn1. The highest BCUT2D eigenvalue weighted by atomic mass is 79.9. The van der Waals surface area contributed by atoms with Crippen LogP contribution in [-0.4, -0.2) is 124 Å². The van der Waals surface area contributed by atoms with Crippen molar-refractivity contribution < 1.29 is 19.1 Å². The van der Waals surface area contributed by atoms with Crippen LogP contribution >= 0.6 is 43.5 Å². The van der Waals surface area contributed by atoms with Gasteiger partial charge in [-0.2, -0.15) is 0 Å². The van der Waals surface area contributed by atoms with Gasteiger partial charge in [-0.1, -0.05) is 57.2 Å². The normalized spacial score (nSPS) is 10.4. The van der Waals surface area contributed by atoms with Crippen LogP contribution in [0.1, 0.15) is 0 Å². The lowest BCUT2D eigenvalue weighted by Crippen LogP contribution is -2.29. The molecule has 0 aliphatic heterocycles. The maximum Gasteiger partial charge on any atom is 0.247 e. The van der Waals surface area contributed by atoms with Gasteiger partial charge in [0.15, 0.2) is 0 Å². The molecule has 1 amide bonds. The summed E-state index contributed by atoms with van der Waals surface area (Å²) in [7, 11) is 15.4. The molecule has 7 N–H and O–H groups in total. The first kappa shape index (κ1) is 56.6. The molecule has 71 heavy (non-hydrogen) atoms. The summed E-state index contributed by atoms with van der Waals surface area (Å²) in [4.78, 5) is 47.3. The van der Waals surface area contributed by atoms with Crippen LogP contribution in [0.5, 0.6) is 11.5 Å². The Balaban J connectivity index is 0.000000283. The number of methoxy groups -OCH3 is 2. The number of amides is 1. The maximum atomic E-state index is 12.1. The highest BCUT2D eigenvalue weighted by Crippen LogP contribution is 2.39. The number of benzene rings is 4. The molecule has 6 rings (SSSR count). The van der Waals surface area contributed by atoms with Gasteiger partial charge in [0.25, 0.3) is 0 Å². The third kappa shape index (κ3) is 19.0. The van der Waals surface area contributed by atoms with Gasteiger partial charge in [0.1, 0.15) is 47.4 Å². The minimum Gasteiger partial charge on any atom is -0.494 e. The summed E-state index contributed by atoms with van der Waals surface area (Å²) in [5.74, 6) is 3.46. The number of rotatable bonds is 21. The Labute approximate surface area is 438 Å². The second-order valence-electron chi connectivity index (χ2n) is 15.9. The van der Waals surface area contributed by atoms with E-state index in [-0.39, 0.29) is 5.91 Å². The molecule has 0 radical (unpaired) electrons. The summed E-state index contributed by atoms with van der Waals surface area (Å²) in [5, 5.41) is 15.5. The monoisotopic (exact) mass is 1110 g/mol. The minimum atomic E-state index is -0.509. The quantitative estimate of drug-likeness (QED) is 0.0225. The predicted octanol–water partition coefficient (Wildman–Crippen LogP) is 10.1. The van der Waals surface area contributed by atoms with Crippen LogP contribution in [0, 0.1) is 0 Å². The van der Waals surface area contributed by atoms with Gasteiger partial charge in [0, 0.05) is 84.9 Å². The highest BCUT2D eigenvalue weighted by Gasteiger charge is 2.17. The first-order valence-electron chi connectivity index (χ1n) is 21.8. The third-order valence-corrected chi connectivity index (χ3v) is 11.1. The van der Waals surface area contributed by atoms with Crippen molar-refractivity contribution >= 4 is 123 Å². The Bertz CT molecular complexity index is 2730. The fourth-order valence-electron chi connectivity index (χ4n) is 6.25. The van der Waals surface area contributed by atoms with E-state index in [0.29, 0.717) is 51.8 Å². The summed E-state index contributed by atoms with van der Waals surface area (Å²) < 4.78 is 13.2. The molecule has 0 fully saturated rings. The van der Waals surface area contributed by atoms with E-state index in [1.165, 1.54) is 18.7 Å². The van der Waals surface area contributed by atoms with E-state index in [2.05, 4.69) is 111 Å². The number of anilines is 12. The number of hydrogen-bond donors (Lipinski definition) is 6. The molecule has 0 bridgehead atoms. The van der Waals surface area contributed by atoms with Gasteiger partial charge in [-0.15, -0.1) is 0 Å². The molecular formula is C50H61Br2ClN14O4. The zero-order valence-corrected chi connectivity index (χ0v) is 45.0. The summed E-state index contributed by atoms with van der Waals surface area (Å²) in [5.41, 5.74) is 12.6. The van der Waals surface area contributed by atoms with Crippen LogP contribution in [0.2, 0.25) is 0 Å². The van der Waals surface area contributed by atoms with E-state index in [4.69, 9.17) is 26.8 Å². The smallest absolute Gasteiger partial charge is 0.247 e. The maximum absolute atomic E-state index is 12.1. The average molecular weight is 1120 g/mol. The lowest BCUT2D eigenvalue weighted by atomic mass is 10.2. The largest absolute Gasteiger partial charge is 0.494 e. The average Bonchev–Trinajstić information content (AvgIpc) is 3.33. The van der Waals surface area contributed by atoms with Gasteiger partial charge in [0.2, 0.25) is 11.1 Å². The zero-order chi connectivity index (χ0) is 52.0. The number of hydrogen-bond acceptors (Lipinski definition) is 17. The molecule has 0 saturated heterocycles. The summed E-state index contributed by atoms with van der Waals surface area (Å²) in [6, 6.07) is 26.8. The van der Waals surface area contributed by atoms with Crippen LogP contribution in [0.3, 0.4) is 0 Å². The number of ether oxygens (including phenoxy) is 2. The van der Waals surface area contributed by atoms with Crippen LogP contribution < -0.4 is 51.6 Å². The zero-order valence-electron chi connectivity index (χ0n) is 41.1. The third-order valence-electron chi connectivity index (χ3n) is 9.91. The molecule has 0 aliphatic carbocycles. The second kappa shape index (κ2) is 28.6. The summed E-state index contributed by atoms with van der Waals surface area (Å²) in [6.45, 7) is 10.0. The Morgan fingerprint density at radius 3 is 1.44 bits per heavy atom. The molecule has 0 saturated carbocycles. The van der Waals surface area contributed by atoms with Crippen molar-refractivity contribution in [3.63, 3.8) is 0 Å². The molecule has 21 heteroatoms. The van der Waals surface area contributed by atoms with Crippen LogP contribution in [0.25, 0.3) is 0 Å². The number of aromatic nitrogens is 4. The fraction of sp³-hybridized carbons (Fsp3) is 0.240. The molecule has 2 heterocycles. The topological polar surface area (TPSA) is 203 Å². The van der Waals surface area contributed by atoms with E-state index in [1.807, 2.05) is 121 Å². The Hall–Kier alpha value is -6.97. The number of carbonyl (C=O) groups is 2. The fourth-order valence-corrected chi connectivity index (χ4v) is 7.05. The molecule has 376 valence electrons. The molecule has 2 aromatic heterocycles. The number of nitrogens with zero attached hydrogens (tertiary/aromatic N) is 8. The number of nitrogens with two attached hydrogens (primary N) is 1. The Morgan fingerprint density at radius 2 is 1.03 bits per heavy atom. The van der Waals surface area contributed by atoms with Crippen molar-refractivity contribution in [1.82, 2.24) is 29.7 Å². The molecule has 0 aliphatic rings. The number of allylic oxidation sites excluding steroid dienone is 1. The van der Waals surface area contributed by atoms with Crippen LogP contribution in [0.4, 0.5) is 68.8 Å². The Morgan fingerprint density at radius 1 is 0.606 bits per heavy atom. The lowest BCUT2D eigenvalue weighted by molar-refractivity contribution is -0.112. The van der Waals surface area contributed by atoms with Crippen molar-refractivity contribution in [2.24, 2.45) is 0 Å². The molecule has 0 atom stereocenters. The number of halogens is 3.